The van der Waals surface area contributed by atoms with Crippen LogP contribution in [-0.4, -0.2) is 252 Å². The number of hydrogen-bond donors (Lipinski definition) is 6. The molecule has 0 saturated carbocycles. The number of aliphatic hydroxyl groups is 2. The third kappa shape index (κ3) is 33.7. The number of nitrogens with one attached hydrogen (secondary N) is 2. The molecule has 36 nitrogen and oxygen atoms in total. The molecule has 18 atom stereocenters. The second-order valence-corrected chi connectivity index (χ2v) is 38.3. The number of imidazole rings is 1. The average molecular weight is 2060 g/mol. The standard InChI is InChI=1S/C39H64ClFN3O8P.C21H27FN4O6.C19H26ClFN2O6.C15H21ClFN3O4.Na/c1-3-4-5-6-7-8-9-10-11-12-13-14-15-16-17-21-26-48-28-34(49-27-33-22-19-18-20-23-33)29-50-53(46,47)51-31-39(30-40)37(45)36(41)38(52-39)44-25-24-35(42)43-32(44)2;1-7-21(8-30-19(28)10(2)3)15(31-20(29)11(4)5)13(22)18(32-21)26-9-23-14-16(26)24-12(6)25-17(14)27;1-10(2)17(25)27-9-19(8-20)15(28-18(26)11(3)4)14(21)16(29-19)23-7-6-13(24)22-12(23)5;1-8(2)14(22)23-7-15(6-16)12(21)11(17)13(24-15)20-5-4-10(18)19-9(20)3;/h18-20,22-25,34,36-38,45H,2-17,21,26-31H2,1H3,(H2,42,43)(H,46,47);7,9-11,13,15,18H,1,8H2,2-6H3,(H,24,25,27);6-7,10-11,14-16H,5,8-9H2,1-4H3,(H,22,24);4-5,8,11-13,21H,3,6-7H2,1-2H3,(H2,18,19);/q;;;;+1/p-1/t34?,36-,37+,38-,39-;13-,15+,18-,21-;14-,15+,16-,19-;11-,12+,13-,15-;/m1111./s1. The predicted molar refractivity (Wildman–Crippen MR) is 506 cm³/mol. The summed E-state index contributed by atoms with van der Waals surface area (Å²) in [5.41, 5.74) is 5.00. The van der Waals surface area contributed by atoms with Crippen molar-refractivity contribution < 1.29 is 157 Å². The number of carbonyl (C=O) groups excluding carboxylic acids is 6. The molecule has 0 aliphatic carbocycles. The van der Waals surface area contributed by atoms with Crippen LogP contribution < -0.4 is 56.8 Å². The van der Waals surface area contributed by atoms with Gasteiger partial charge in [-0.2, -0.15) is 0 Å². The van der Waals surface area contributed by atoms with Gasteiger partial charge >= 0.3 is 59.4 Å². The normalized spacial score (nSPS) is 26.6. The van der Waals surface area contributed by atoms with Crippen LogP contribution in [0.4, 0.5) is 17.6 Å². The van der Waals surface area contributed by atoms with Gasteiger partial charge in [0.05, 0.1) is 80.0 Å². The van der Waals surface area contributed by atoms with Gasteiger partial charge in [0.2, 0.25) is 0 Å². The van der Waals surface area contributed by atoms with Crippen molar-refractivity contribution in [2.24, 2.45) is 51.0 Å². The Morgan fingerprint density at radius 1 is 0.583 bits per heavy atom. The first-order chi connectivity index (χ1) is 65.3. The number of fused-ring (bicyclic) bond motifs is 1. The van der Waals surface area contributed by atoms with E-state index in [4.69, 9.17) is 107 Å². The molecular formula is C94H137Cl3F4N12NaO24P. The van der Waals surface area contributed by atoms with Gasteiger partial charge in [-0.15, -0.1) is 34.8 Å². The summed E-state index contributed by atoms with van der Waals surface area (Å²) in [6.07, 6.45) is 11.4. The van der Waals surface area contributed by atoms with Gasteiger partial charge in [-0.1, -0.05) is 235 Å². The number of nitrogens with two attached hydrogens (primary N) is 2. The minimum absolute atomic E-state index is 0. The van der Waals surface area contributed by atoms with Gasteiger partial charge in [-0.05, 0) is 31.1 Å². The Morgan fingerprint density at radius 2 is 1.01 bits per heavy atom. The number of aliphatic hydroxyl groups excluding tert-OH is 2. The number of esters is 5. The molecule has 0 bridgehead atoms. The van der Waals surface area contributed by atoms with Crippen molar-refractivity contribution in [2.75, 3.05) is 63.9 Å². The number of hydrogen-bond acceptors (Lipinski definition) is 33. The van der Waals surface area contributed by atoms with E-state index in [9.17, 15) is 57.6 Å². The number of halogens is 7. The first-order valence-corrected chi connectivity index (χ1v) is 49.5. The molecule has 1 aromatic carbocycles. The number of benzene rings is 1. The molecule has 8 N–H and O–H groups in total. The van der Waals surface area contributed by atoms with E-state index in [0.717, 1.165) is 24.8 Å². The number of ether oxygens (including phenoxy) is 11. The predicted octanol–water partition coefficient (Wildman–Crippen LogP) is 9.75. The zero-order valence-electron chi connectivity index (χ0n) is 81.5. The molecule has 139 heavy (non-hydrogen) atoms. The van der Waals surface area contributed by atoms with E-state index in [0.29, 0.717) is 12.4 Å². The quantitative estimate of drug-likeness (QED) is 0.00447. The van der Waals surface area contributed by atoms with Crippen molar-refractivity contribution in [1.29, 1.82) is 0 Å². The van der Waals surface area contributed by atoms with Crippen molar-refractivity contribution in [1.82, 2.24) is 39.5 Å². The van der Waals surface area contributed by atoms with Crippen LogP contribution in [0.25, 0.3) is 11.2 Å². The summed E-state index contributed by atoms with van der Waals surface area (Å²) < 4.78 is 147. The van der Waals surface area contributed by atoms with Crippen LogP contribution in [0.5, 0.6) is 0 Å². The van der Waals surface area contributed by atoms with E-state index in [1.807, 2.05) is 30.3 Å². The molecule has 2 aromatic heterocycles. The Balaban J connectivity index is 0.000000298. The van der Waals surface area contributed by atoms with E-state index < -0.39 is 201 Å². The third-order valence-corrected chi connectivity index (χ3v) is 25.4. The van der Waals surface area contributed by atoms with E-state index in [1.54, 1.807) is 76.2 Å². The molecule has 7 aliphatic rings. The summed E-state index contributed by atoms with van der Waals surface area (Å²) >= 11 is 18.1. The summed E-state index contributed by atoms with van der Waals surface area (Å²) in [6, 6.07) is 9.47. The monoisotopic (exact) mass is 2050 g/mol. The fourth-order valence-electron chi connectivity index (χ4n) is 14.8. The Labute approximate surface area is 847 Å². The molecule has 772 valence electrons. The van der Waals surface area contributed by atoms with Crippen LogP contribution in [0.3, 0.4) is 0 Å². The van der Waals surface area contributed by atoms with E-state index in [1.165, 1.54) is 152 Å². The first-order valence-electron chi connectivity index (χ1n) is 46.4. The fraction of sp³-hybridized carbons (Fsp3) is 0.649. The molecule has 1 amide bonds. The van der Waals surface area contributed by atoms with Gasteiger partial charge in [0, 0.05) is 31.3 Å². The summed E-state index contributed by atoms with van der Waals surface area (Å²) in [4.78, 5) is 119. The number of alkyl halides is 7. The number of aliphatic imine (C=N–C) groups is 2. The topological polar surface area (TPSA) is 465 Å². The number of amides is 1. The second-order valence-electron chi connectivity index (χ2n) is 36.1. The Morgan fingerprint density at radius 3 is 1.47 bits per heavy atom. The molecular weight excluding hydrogens is 1920 g/mol. The Bertz CT molecular complexity index is 4820. The molecule has 7 aliphatic heterocycles. The van der Waals surface area contributed by atoms with Gasteiger partial charge in [-0.25, -0.2) is 37.5 Å². The molecule has 3 aromatic rings. The number of amidine groups is 2. The van der Waals surface area contributed by atoms with Crippen molar-refractivity contribution >= 4 is 101 Å². The van der Waals surface area contributed by atoms with E-state index in [2.05, 4.69) is 63.5 Å². The maximum Gasteiger partial charge on any atom is 1.00 e. The van der Waals surface area contributed by atoms with Crippen molar-refractivity contribution in [3.63, 3.8) is 0 Å². The van der Waals surface area contributed by atoms with Gasteiger partial charge < -0.3 is 113 Å². The molecule has 9 heterocycles. The number of unbranched alkanes of at least 4 members (excludes halogenated alkanes) is 15. The molecule has 45 heteroatoms. The minimum Gasteiger partial charge on any atom is -0.756 e. The molecule has 4 saturated heterocycles. The minimum atomic E-state index is -4.99. The summed E-state index contributed by atoms with van der Waals surface area (Å²) in [5.74, 6) is -5.54. The number of phosphoric ester groups is 1. The van der Waals surface area contributed by atoms with Gasteiger partial charge in [-0.3, -0.25) is 42.7 Å². The van der Waals surface area contributed by atoms with Crippen molar-refractivity contribution in [3.05, 3.63) is 145 Å². The van der Waals surface area contributed by atoms with Gasteiger partial charge in [0.15, 0.2) is 84.2 Å². The van der Waals surface area contributed by atoms with Gasteiger partial charge in [0.1, 0.15) is 84.3 Å². The Kier molecular flexibility index (Phi) is 49.3. The zero-order valence-corrected chi connectivity index (χ0v) is 86.7. The second kappa shape index (κ2) is 57.1. The molecule has 2 unspecified atom stereocenters. The van der Waals surface area contributed by atoms with Crippen molar-refractivity contribution in [3.8, 4) is 0 Å². The number of aryl methyl sites for hydroxylation is 1. The first kappa shape index (κ1) is 120. The zero-order chi connectivity index (χ0) is 102. The summed E-state index contributed by atoms with van der Waals surface area (Å²) in [5, 5.41) is 23.5. The van der Waals surface area contributed by atoms with Crippen LogP contribution in [0.15, 0.2) is 138 Å². The summed E-state index contributed by atoms with van der Waals surface area (Å²) in [6.45, 7) is 33.5. The van der Waals surface area contributed by atoms with E-state index >= 15 is 13.2 Å². The van der Waals surface area contributed by atoms with E-state index in [-0.39, 0.29) is 114 Å². The average Bonchev–Trinajstić information content (AvgIpc) is 1.58. The van der Waals surface area contributed by atoms with Crippen molar-refractivity contribution in [2.45, 2.75) is 295 Å². The largest absolute Gasteiger partial charge is 1.00 e. The van der Waals surface area contributed by atoms with Crippen LogP contribution in [0.1, 0.15) is 197 Å². The molecule has 0 radical (unpaired) electrons. The van der Waals surface area contributed by atoms with Crippen LogP contribution in [0, 0.1) is 36.5 Å². The fourth-order valence-corrected chi connectivity index (χ4v) is 16.5. The SMILES string of the molecule is C=C1N=C(N)C=CN1[C@@H]1O[C@](CCl)(COC(=O)C(C)C)[C@@H](O)[C@H]1F.C=C1N=C(N)C=CN1[C@@H]1O[C@](CCl)(COP(=O)([O-])OCC(COCCCCCCCCCCCCCCCCCC)OCc2ccccc2)[C@@H](O)[C@H]1F.C=C1NC(=O)C=CN1[C@@H]1O[C@](CCl)(COC(=O)C(C)C)[C@@H](OC(=O)C(C)C)[C@H]1F.C=C[C@]1(COC(=O)C(C)C)O[C@@H](n2cnc3c(=O)[nH]c(C)nc32)[C@H](F)[C@@H]1OC(=O)C(C)C.[Na+]. The molecule has 10 rings (SSSR count). The Hall–Kier alpha value is -7.71. The third-order valence-electron chi connectivity index (χ3n) is 23.2. The number of aromatic nitrogens is 4. The van der Waals surface area contributed by atoms with Crippen LogP contribution in [-0.2, 0) is 101 Å². The smallest absolute Gasteiger partial charge is 0.756 e. The molecule has 0 spiro atoms. The number of phosphoric acid groups is 1. The maximum absolute atomic E-state index is 15.8. The van der Waals surface area contributed by atoms with Gasteiger partial charge in [0.25, 0.3) is 19.3 Å². The van der Waals surface area contributed by atoms with Crippen LogP contribution >= 0.6 is 42.6 Å². The van der Waals surface area contributed by atoms with Crippen LogP contribution in [0.2, 0.25) is 0 Å². The number of aromatic amines is 1. The summed E-state index contributed by atoms with van der Waals surface area (Å²) in [7, 11) is -4.99. The number of rotatable bonds is 49. The number of carbonyl (C=O) groups is 6. The number of nitrogens with zero attached hydrogens (tertiary/aromatic N) is 8. The maximum atomic E-state index is 15.8. The molecule has 4 fully saturated rings. The number of H-pyrrole nitrogens is 1.